The topological polar surface area (TPSA) is 98.7 Å². The number of hydrogen-bond donors (Lipinski definition) is 1. The monoisotopic (exact) mass is 545 g/mol. The SMILES string of the molecule is Cc1ccc(NC(=O)c2cnnc(C(F)(F)F)c2)cc1-c1cc(OC2CCOCC2)nc(N2CCOCC2)c1.[HH]. The van der Waals surface area contributed by atoms with Gasteiger partial charge in [-0.2, -0.15) is 23.3 Å². The molecule has 9 nitrogen and oxygen atoms in total. The summed E-state index contributed by atoms with van der Waals surface area (Å²) < 4.78 is 56.3. The Hall–Kier alpha value is -3.77. The molecule has 2 aliphatic rings. The van der Waals surface area contributed by atoms with Crippen LogP contribution >= 0.6 is 0 Å². The summed E-state index contributed by atoms with van der Waals surface area (Å²) in [5.74, 6) is 0.531. The van der Waals surface area contributed by atoms with Crippen LogP contribution in [0.4, 0.5) is 24.7 Å². The van der Waals surface area contributed by atoms with E-state index in [9.17, 15) is 18.0 Å². The van der Waals surface area contributed by atoms with Crippen molar-refractivity contribution in [2.45, 2.75) is 32.0 Å². The van der Waals surface area contributed by atoms with Crippen molar-refractivity contribution in [3.05, 3.63) is 59.4 Å². The minimum absolute atomic E-state index is 0. The van der Waals surface area contributed by atoms with Gasteiger partial charge in [-0.25, -0.2) is 0 Å². The van der Waals surface area contributed by atoms with Gasteiger partial charge in [-0.05, 0) is 47.9 Å². The highest BCUT2D eigenvalue weighted by atomic mass is 19.4. The highest BCUT2D eigenvalue weighted by molar-refractivity contribution is 6.04. The van der Waals surface area contributed by atoms with Gasteiger partial charge in [-0.15, -0.1) is 5.10 Å². The van der Waals surface area contributed by atoms with Crippen molar-refractivity contribution < 1.29 is 33.6 Å². The fourth-order valence-electron chi connectivity index (χ4n) is 4.47. The van der Waals surface area contributed by atoms with E-state index in [4.69, 9.17) is 19.2 Å². The number of amides is 1. The van der Waals surface area contributed by atoms with Crippen molar-refractivity contribution in [1.82, 2.24) is 15.2 Å². The van der Waals surface area contributed by atoms with E-state index in [1.807, 2.05) is 25.1 Å². The second-order valence-corrected chi connectivity index (χ2v) is 9.39. The molecule has 2 aromatic heterocycles. The molecule has 2 aliphatic heterocycles. The number of halogens is 3. The first-order valence-corrected chi connectivity index (χ1v) is 12.7. The van der Waals surface area contributed by atoms with E-state index in [2.05, 4.69) is 20.4 Å². The Morgan fingerprint density at radius 2 is 1.82 bits per heavy atom. The smallest absolute Gasteiger partial charge is 0.435 e. The molecule has 0 aliphatic carbocycles. The molecule has 0 saturated carbocycles. The summed E-state index contributed by atoms with van der Waals surface area (Å²) in [5.41, 5.74) is 1.54. The Morgan fingerprint density at radius 1 is 1.08 bits per heavy atom. The number of nitrogens with one attached hydrogen (secondary N) is 1. The Morgan fingerprint density at radius 3 is 2.56 bits per heavy atom. The van der Waals surface area contributed by atoms with Crippen molar-refractivity contribution in [3.8, 4) is 17.0 Å². The number of benzene rings is 1. The van der Waals surface area contributed by atoms with Gasteiger partial charge in [0.1, 0.15) is 11.9 Å². The molecule has 1 N–H and O–H groups in total. The predicted octanol–water partition coefficient (Wildman–Crippen LogP) is 4.76. The van der Waals surface area contributed by atoms with Crippen LogP contribution < -0.4 is 15.0 Å². The van der Waals surface area contributed by atoms with Gasteiger partial charge in [0.2, 0.25) is 5.88 Å². The normalized spacial score (nSPS) is 16.7. The Bertz CT molecular complexity index is 1330. The molecule has 5 rings (SSSR count). The molecule has 2 saturated heterocycles. The van der Waals surface area contributed by atoms with Crippen LogP contribution in [0.5, 0.6) is 5.88 Å². The van der Waals surface area contributed by atoms with E-state index in [1.165, 1.54) is 0 Å². The number of alkyl halides is 3. The van der Waals surface area contributed by atoms with E-state index in [0.717, 1.165) is 41.5 Å². The Balaban J connectivity index is 0.00000370. The van der Waals surface area contributed by atoms with Crippen molar-refractivity contribution >= 4 is 17.4 Å². The van der Waals surface area contributed by atoms with Gasteiger partial charge in [0, 0.05) is 39.1 Å². The minimum atomic E-state index is -4.70. The van der Waals surface area contributed by atoms with Crippen LogP contribution in [0, 0.1) is 6.92 Å². The molecular formula is C27H30F3N5O4. The first kappa shape index (κ1) is 26.8. The maximum Gasteiger partial charge on any atom is 0.435 e. The molecule has 0 spiro atoms. The molecular weight excluding hydrogens is 515 g/mol. The molecule has 2 fully saturated rings. The Kier molecular flexibility index (Phi) is 7.94. The van der Waals surface area contributed by atoms with E-state index < -0.39 is 17.8 Å². The van der Waals surface area contributed by atoms with Crippen molar-refractivity contribution in [2.24, 2.45) is 0 Å². The average Bonchev–Trinajstić information content (AvgIpc) is 2.94. The van der Waals surface area contributed by atoms with Gasteiger partial charge >= 0.3 is 6.18 Å². The first-order chi connectivity index (χ1) is 18.8. The maximum absolute atomic E-state index is 13.0. The molecule has 12 heteroatoms. The van der Waals surface area contributed by atoms with Crippen LogP contribution in [0.15, 0.2) is 42.6 Å². The van der Waals surface area contributed by atoms with Gasteiger partial charge in [-0.3, -0.25) is 4.79 Å². The number of nitrogens with zero attached hydrogens (tertiary/aromatic N) is 4. The lowest BCUT2D eigenvalue weighted by molar-refractivity contribution is -0.141. The summed E-state index contributed by atoms with van der Waals surface area (Å²) in [6.45, 7) is 5.81. The van der Waals surface area contributed by atoms with Crippen LogP contribution in [0.3, 0.4) is 0 Å². The predicted molar refractivity (Wildman–Crippen MR) is 139 cm³/mol. The summed E-state index contributed by atoms with van der Waals surface area (Å²) >= 11 is 0. The number of anilines is 2. The van der Waals surface area contributed by atoms with Crippen LogP contribution in [0.2, 0.25) is 0 Å². The third-order valence-electron chi connectivity index (χ3n) is 6.59. The average molecular weight is 546 g/mol. The maximum atomic E-state index is 13.0. The summed E-state index contributed by atoms with van der Waals surface area (Å²) in [4.78, 5) is 19.7. The third-order valence-corrected chi connectivity index (χ3v) is 6.59. The molecule has 0 unspecified atom stereocenters. The number of hydrogen-bond acceptors (Lipinski definition) is 8. The van der Waals surface area contributed by atoms with E-state index in [0.29, 0.717) is 57.2 Å². The highest BCUT2D eigenvalue weighted by Gasteiger charge is 2.33. The lowest BCUT2D eigenvalue weighted by atomic mass is 10.00. The summed E-state index contributed by atoms with van der Waals surface area (Å²) in [6.07, 6.45) is -2.15. The number of pyridine rings is 1. The third kappa shape index (κ3) is 6.63. The van der Waals surface area contributed by atoms with Crippen LogP contribution in [0.25, 0.3) is 11.1 Å². The van der Waals surface area contributed by atoms with Gasteiger partial charge in [0.05, 0.1) is 38.2 Å². The van der Waals surface area contributed by atoms with Gasteiger partial charge in [0.25, 0.3) is 5.91 Å². The first-order valence-electron chi connectivity index (χ1n) is 12.7. The lowest BCUT2D eigenvalue weighted by Crippen LogP contribution is -2.36. The highest BCUT2D eigenvalue weighted by Crippen LogP contribution is 2.33. The standard InChI is InChI=1S/C27H28F3N5O4.H2/c1-17-2-3-20(32-26(36)19-12-23(27(28,29)30)34-31-16-19)15-22(17)18-13-24(35-6-10-38-11-7-35)33-25(14-18)39-21-4-8-37-9-5-21;/h2-3,12-16,21H,4-11H2,1H3,(H,32,36);1H. The molecule has 4 heterocycles. The molecule has 1 amide bonds. The minimum Gasteiger partial charge on any atom is -0.474 e. The van der Waals surface area contributed by atoms with Gasteiger partial charge < -0.3 is 24.4 Å². The zero-order valence-corrected chi connectivity index (χ0v) is 21.3. The number of aromatic nitrogens is 3. The van der Waals surface area contributed by atoms with Gasteiger partial charge in [0.15, 0.2) is 5.69 Å². The number of carbonyl (C=O) groups excluding carboxylic acids is 1. The van der Waals surface area contributed by atoms with Gasteiger partial charge in [-0.1, -0.05) is 6.07 Å². The quantitative estimate of drug-likeness (QED) is 0.474. The molecule has 0 radical (unpaired) electrons. The molecule has 0 bridgehead atoms. The molecule has 3 aromatic rings. The summed E-state index contributed by atoms with van der Waals surface area (Å²) in [7, 11) is 0. The molecule has 208 valence electrons. The van der Waals surface area contributed by atoms with E-state index >= 15 is 0 Å². The van der Waals surface area contributed by atoms with Crippen molar-refractivity contribution in [2.75, 3.05) is 49.7 Å². The van der Waals surface area contributed by atoms with Crippen LogP contribution in [0.1, 0.15) is 35.9 Å². The second kappa shape index (κ2) is 11.5. The van der Waals surface area contributed by atoms with E-state index in [-0.39, 0.29) is 13.1 Å². The van der Waals surface area contributed by atoms with E-state index in [1.54, 1.807) is 12.1 Å². The second-order valence-electron chi connectivity index (χ2n) is 9.39. The fraction of sp³-hybridized carbons (Fsp3) is 0.407. The molecule has 39 heavy (non-hydrogen) atoms. The fourth-order valence-corrected chi connectivity index (χ4v) is 4.47. The molecule has 0 atom stereocenters. The van der Waals surface area contributed by atoms with Crippen molar-refractivity contribution in [1.29, 1.82) is 0 Å². The number of rotatable bonds is 6. The number of morpholine rings is 1. The zero-order valence-electron chi connectivity index (χ0n) is 21.3. The van der Waals surface area contributed by atoms with Crippen molar-refractivity contribution in [3.63, 3.8) is 0 Å². The molecule has 1 aromatic carbocycles. The number of aryl methyl sites for hydroxylation is 1. The summed E-state index contributed by atoms with van der Waals surface area (Å²) in [6, 6.07) is 9.83. The van der Waals surface area contributed by atoms with Crippen LogP contribution in [-0.4, -0.2) is 66.7 Å². The zero-order chi connectivity index (χ0) is 27.4. The lowest BCUT2D eigenvalue weighted by Gasteiger charge is -2.29. The number of carbonyl (C=O) groups is 1. The summed E-state index contributed by atoms with van der Waals surface area (Å²) in [5, 5.41) is 9.07. The van der Waals surface area contributed by atoms with Crippen LogP contribution in [-0.2, 0) is 15.7 Å². The Labute approximate surface area is 224 Å². The largest absolute Gasteiger partial charge is 0.474 e. The number of ether oxygens (including phenoxy) is 3.